The number of hydrogen-bond acceptors (Lipinski definition) is 4. The Hall–Kier alpha value is -2.85. The van der Waals surface area contributed by atoms with Crippen molar-refractivity contribution < 1.29 is 19.0 Å². The molecule has 4 heteroatoms. The minimum absolute atomic E-state index is 0.202. The second-order valence-electron chi connectivity index (χ2n) is 6.36. The van der Waals surface area contributed by atoms with Crippen molar-refractivity contribution in [3.05, 3.63) is 71.8 Å². The van der Waals surface area contributed by atoms with Crippen LogP contribution in [-0.4, -0.2) is 19.7 Å². The summed E-state index contributed by atoms with van der Waals surface area (Å²) in [7, 11) is 1.63. The average Bonchev–Trinajstić information content (AvgIpc) is 2.67. The zero-order valence-electron chi connectivity index (χ0n) is 14.6. The zero-order chi connectivity index (χ0) is 17.9. The average molecular weight is 348 g/mol. The Kier molecular flexibility index (Phi) is 4.59. The molecule has 4 rings (SSSR count). The quantitative estimate of drug-likeness (QED) is 0.516. The molecular weight excluding hydrogens is 328 g/mol. The fourth-order valence-corrected chi connectivity index (χ4v) is 3.36. The second-order valence-corrected chi connectivity index (χ2v) is 6.36. The van der Waals surface area contributed by atoms with Gasteiger partial charge >= 0.3 is 5.97 Å². The van der Waals surface area contributed by atoms with Gasteiger partial charge in [-0.3, -0.25) is 4.79 Å². The molecule has 1 aliphatic rings. The van der Waals surface area contributed by atoms with Crippen LogP contribution in [0, 0.1) is 0 Å². The van der Waals surface area contributed by atoms with E-state index in [2.05, 4.69) is 6.07 Å². The summed E-state index contributed by atoms with van der Waals surface area (Å²) < 4.78 is 16.6. The van der Waals surface area contributed by atoms with E-state index >= 15 is 0 Å². The Morgan fingerprint density at radius 2 is 1.81 bits per heavy atom. The van der Waals surface area contributed by atoms with Crippen LogP contribution in [0.1, 0.15) is 23.7 Å². The second kappa shape index (κ2) is 7.18. The van der Waals surface area contributed by atoms with E-state index in [1.54, 1.807) is 7.11 Å². The molecule has 132 valence electrons. The third kappa shape index (κ3) is 3.41. The van der Waals surface area contributed by atoms with Gasteiger partial charge in [0.05, 0.1) is 26.2 Å². The molecule has 0 fully saturated rings. The lowest BCUT2D eigenvalue weighted by molar-refractivity contribution is -0.138. The first-order valence-electron chi connectivity index (χ1n) is 8.71. The Morgan fingerprint density at radius 1 is 1.04 bits per heavy atom. The minimum atomic E-state index is -0.297. The maximum atomic E-state index is 12.4. The van der Waals surface area contributed by atoms with E-state index in [1.807, 2.05) is 54.6 Å². The van der Waals surface area contributed by atoms with E-state index in [1.165, 1.54) is 5.56 Å². The number of carbonyl (C=O) groups excluding carboxylic acids is 1. The largest absolute Gasteiger partial charge is 0.497 e. The fourth-order valence-electron chi connectivity index (χ4n) is 3.36. The van der Waals surface area contributed by atoms with E-state index in [9.17, 15) is 4.79 Å². The van der Waals surface area contributed by atoms with E-state index in [4.69, 9.17) is 14.2 Å². The van der Waals surface area contributed by atoms with Crippen LogP contribution in [0.25, 0.3) is 10.8 Å². The smallest absolute Gasteiger partial charge is 0.314 e. The van der Waals surface area contributed by atoms with Crippen molar-refractivity contribution >= 4 is 16.7 Å². The van der Waals surface area contributed by atoms with Crippen molar-refractivity contribution in [2.75, 3.05) is 13.7 Å². The van der Waals surface area contributed by atoms with E-state index in [-0.39, 0.29) is 18.5 Å². The van der Waals surface area contributed by atoms with Crippen molar-refractivity contribution in [3.63, 3.8) is 0 Å². The number of methoxy groups -OCH3 is 1. The summed E-state index contributed by atoms with van der Waals surface area (Å²) in [5.41, 5.74) is 2.33. The zero-order valence-corrected chi connectivity index (χ0v) is 14.6. The molecule has 0 amide bonds. The minimum Gasteiger partial charge on any atom is -0.497 e. The number of fused-ring (bicyclic) bond motifs is 2. The first-order chi connectivity index (χ1) is 12.7. The van der Waals surface area contributed by atoms with Gasteiger partial charge in [-0.05, 0) is 52.6 Å². The van der Waals surface area contributed by atoms with Gasteiger partial charge in [-0.25, -0.2) is 0 Å². The summed E-state index contributed by atoms with van der Waals surface area (Å²) in [6.07, 6.45) is 0.842. The van der Waals surface area contributed by atoms with Gasteiger partial charge in [0.2, 0.25) is 0 Å². The number of carbonyl (C=O) groups is 1. The van der Waals surface area contributed by atoms with Gasteiger partial charge in [0.1, 0.15) is 11.5 Å². The summed E-state index contributed by atoms with van der Waals surface area (Å²) in [6, 6.07) is 19.5. The van der Waals surface area contributed by atoms with Crippen LogP contribution in [-0.2, 0) is 16.0 Å². The van der Waals surface area contributed by atoms with E-state index in [0.29, 0.717) is 12.4 Å². The van der Waals surface area contributed by atoms with Gasteiger partial charge in [-0.1, -0.05) is 36.4 Å². The molecule has 0 aliphatic carbocycles. The van der Waals surface area contributed by atoms with Crippen molar-refractivity contribution in [2.45, 2.75) is 18.9 Å². The highest BCUT2D eigenvalue weighted by Gasteiger charge is 2.24. The molecule has 1 aliphatic heterocycles. The first-order valence-corrected chi connectivity index (χ1v) is 8.71. The third-order valence-electron chi connectivity index (χ3n) is 4.70. The van der Waals surface area contributed by atoms with Gasteiger partial charge in [-0.2, -0.15) is 0 Å². The molecule has 1 atom stereocenters. The SMILES string of the molecule is COc1ccc2ccc(OC(=O)CC3OCCc4ccccc43)cc2c1. The molecule has 0 spiro atoms. The van der Waals surface area contributed by atoms with Crippen LogP contribution in [0.15, 0.2) is 60.7 Å². The van der Waals surface area contributed by atoms with Crippen molar-refractivity contribution in [3.8, 4) is 11.5 Å². The lowest BCUT2D eigenvalue weighted by atomic mass is 9.96. The highest BCUT2D eigenvalue weighted by molar-refractivity contribution is 5.86. The normalized spacial score (nSPS) is 16.1. The highest BCUT2D eigenvalue weighted by Crippen LogP contribution is 2.30. The van der Waals surface area contributed by atoms with Crippen molar-refractivity contribution in [1.29, 1.82) is 0 Å². The maximum absolute atomic E-state index is 12.4. The van der Waals surface area contributed by atoms with Crippen LogP contribution >= 0.6 is 0 Å². The Bertz CT molecular complexity index is 948. The fraction of sp³-hybridized carbons (Fsp3) is 0.227. The van der Waals surface area contributed by atoms with Crippen LogP contribution in [0.4, 0.5) is 0 Å². The molecule has 0 saturated carbocycles. The van der Waals surface area contributed by atoms with Crippen LogP contribution < -0.4 is 9.47 Å². The molecule has 0 radical (unpaired) electrons. The first kappa shape index (κ1) is 16.6. The van der Waals surface area contributed by atoms with Crippen molar-refractivity contribution in [2.24, 2.45) is 0 Å². The number of esters is 1. The van der Waals surface area contributed by atoms with Crippen LogP contribution in [0.2, 0.25) is 0 Å². The van der Waals surface area contributed by atoms with E-state index in [0.717, 1.165) is 28.5 Å². The Labute approximate surface area is 152 Å². The van der Waals surface area contributed by atoms with Crippen LogP contribution in [0.3, 0.4) is 0 Å². The molecular formula is C22H20O4. The number of hydrogen-bond donors (Lipinski definition) is 0. The molecule has 0 bridgehead atoms. The molecule has 0 saturated heterocycles. The number of rotatable bonds is 4. The summed E-state index contributed by atoms with van der Waals surface area (Å²) in [5, 5.41) is 2.03. The van der Waals surface area contributed by atoms with Gasteiger partial charge in [-0.15, -0.1) is 0 Å². The summed E-state index contributed by atoms with van der Waals surface area (Å²) in [6.45, 7) is 0.630. The van der Waals surface area contributed by atoms with Crippen LogP contribution in [0.5, 0.6) is 11.5 Å². The molecule has 3 aromatic rings. The van der Waals surface area contributed by atoms with Gasteiger partial charge < -0.3 is 14.2 Å². The summed E-state index contributed by atoms with van der Waals surface area (Å²) in [5.74, 6) is 1.00. The van der Waals surface area contributed by atoms with Gasteiger partial charge in [0, 0.05) is 0 Å². The molecule has 4 nitrogen and oxygen atoms in total. The van der Waals surface area contributed by atoms with E-state index < -0.39 is 0 Å². The molecule has 3 aromatic carbocycles. The van der Waals surface area contributed by atoms with Gasteiger partial charge in [0.15, 0.2) is 0 Å². The highest BCUT2D eigenvalue weighted by atomic mass is 16.5. The molecule has 1 heterocycles. The molecule has 26 heavy (non-hydrogen) atoms. The molecule has 1 unspecified atom stereocenters. The lowest BCUT2D eigenvalue weighted by Gasteiger charge is -2.25. The Balaban J connectivity index is 1.49. The molecule has 0 N–H and O–H groups in total. The lowest BCUT2D eigenvalue weighted by Crippen LogP contribution is -2.21. The number of benzene rings is 3. The third-order valence-corrected chi connectivity index (χ3v) is 4.70. The standard InChI is InChI=1S/C22H20O4/c1-24-18-8-6-15-7-9-19(13-17(15)12-18)26-22(23)14-21-20-5-3-2-4-16(20)10-11-25-21/h2-9,12-13,21H,10-11,14H2,1H3. The summed E-state index contributed by atoms with van der Waals surface area (Å²) >= 11 is 0. The topological polar surface area (TPSA) is 44.8 Å². The summed E-state index contributed by atoms with van der Waals surface area (Å²) in [4.78, 5) is 12.4. The predicted molar refractivity (Wildman–Crippen MR) is 99.6 cm³/mol. The predicted octanol–water partition coefficient (Wildman–Crippen LogP) is 4.46. The van der Waals surface area contributed by atoms with Gasteiger partial charge in [0.25, 0.3) is 0 Å². The van der Waals surface area contributed by atoms with Crippen molar-refractivity contribution in [1.82, 2.24) is 0 Å². The number of ether oxygens (including phenoxy) is 3. The Morgan fingerprint density at radius 3 is 2.65 bits per heavy atom. The molecule has 0 aromatic heterocycles. The monoisotopic (exact) mass is 348 g/mol. The maximum Gasteiger partial charge on any atom is 0.314 e.